The Morgan fingerprint density at radius 1 is 1.09 bits per heavy atom. The number of rotatable bonds is 7. The molecule has 0 amide bonds. The highest BCUT2D eigenvalue weighted by Gasteiger charge is 2.43. The van der Waals surface area contributed by atoms with Gasteiger partial charge in [-0.25, -0.2) is 0 Å². The topological polar surface area (TPSA) is 116 Å². The normalized spacial score (nSPS) is 25.1. The predicted octanol–water partition coefficient (Wildman–Crippen LogP) is 2.28. The number of aliphatic carboxylic acids is 1. The summed E-state index contributed by atoms with van der Waals surface area (Å²) in [6.45, 7) is 2.11. The van der Waals surface area contributed by atoms with Crippen LogP contribution in [-0.2, 0) is 16.0 Å². The molecular formula is C24H28O7S. The number of aliphatic hydroxyl groups is 3. The SMILES string of the molecule is CS#CC1O[C@@H](c2ccc(C)c(Cc3ccc(OCCC(=O)O)cc3)c2)[C@H](O)[C@@H](O)[C@@H]1O. The van der Waals surface area contributed by atoms with Gasteiger partial charge in [0.2, 0.25) is 0 Å². The van der Waals surface area contributed by atoms with E-state index in [1.807, 2.05) is 37.3 Å². The van der Waals surface area contributed by atoms with Gasteiger partial charge in [-0.15, -0.1) is 11.2 Å². The van der Waals surface area contributed by atoms with Crippen molar-refractivity contribution in [2.24, 2.45) is 0 Å². The van der Waals surface area contributed by atoms with Crippen LogP contribution in [0.5, 0.6) is 5.75 Å². The molecule has 0 aromatic heterocycles. The maximum atomic E-state index is 10.6. The van der Waals surface area contributed by atoms with Crippen LogP contribution in [0.4, 0.5) is 0 Å². The Labute approximate surface area is 190 Å². The summed E-state index contributed by atoms with van der Waals surface area (Å²) in [7, 11) is 0. The molecule has 172 valence electrons. The average molecular weight is 461 g/mol. The minimum absolute atomic E-state index is 0.0537. The molecule has 0 spiro atoms. The second kappa shape index (κ2) is 10.9. The first-order valence-corrected chi connectivity index (χ1v) is 11.5. The molecule has 1 heterocycles. The van der Waals surface area contributed by atoms with Gasteiger partial charge in [0, 0.05) is 6.26 Å². The van der Waals surface area contributed by atoms with E-state index < -0.39 is 36.5 Å². The summed E-state index contributed by atoms with van der Waals surface area (Å²) in [5.74, 6) is -0.291. The van der Waals surface area contributed by atoms with E-state index in [0.717, 1.165) is 16.7 Å². The zero-order valence-electron chi connectivity index (χ0n) is 18.0. The summed E-state index contributed by atoms with van der Waals surface area (Å²) in [5, 5.41) is 42.5. The lowest BCUT2D eigenvalue weighted by molar-refractivity contribution is -0.209. The highest BCUT2D eigenvalue weighted by molar-refractivity contribution is 7.87. The van der Waals surface area contributed by atoms with Gasteiger partial charge in [-0.2, -0.15) is 0 Å². The van der Waals surface area contributed by atoms with Crippen molar-refractivity contribution in [1.82, 2.24) is 0 Å². The van der Waals surface area contributed by atoms with Crippen molar-refractivity contribution in [2.45, 2.75) is 50.3 Å². The maximum Gasteiger partial charge on any atom is 0.306 e. The van der Waals surface area contributed by atoms with Crippen LogP contribution in [0.2, 0.25) is 0 Å². The predicted molar refractivity (Wildman–Crippen MR) is 121 cm³/mol. The second-order valence-corrected chi connectivity index (χ2v) is 8.41. The van der Waals surface area contributed by atoms with Gasteiger partial charge in [-0.3, -0.25) is 4.79 Å². The van der Waals surface area contributed by atoms with Crippen molar-refractivity contribution in [3.63, 3.8) is 0 Å². The van der Waals surface area contributed by atoms with Crippen molar-refractivity contribution >= 4 is 17.1 Å². The number of carbonyl (C=O) groups is 1. The first-order chi connectivity index (χ1) is 15.3. The lowest BCUT2D eigenvalue weighted by atomic mass is 9.89. The van der Waals surface area contributed by atoms with Crippen LogP contribution in [0.3, 0.4) is 0 Å². The molecule has 1 saturated heterocycles. The quantitative estimate of drug-likeness (QED) is 0.501. The van der Waals surface area contributed by atoms with Gasteiger partial charge in [0.25, 0.3) is 0 Å². The van der Waals surface area contributed by atoms with Crippen LogP contribution in [0.25, 0.3) is 0 Å². The number of carboxylic acids is 1. The molecule has 2 aromatic rings. The van der Waals surface area contributed by atoms with Gasteiger partial charge in [-0.05, 0) is 47.7 Å². The summed E-state index contributed by atoms with van der Waals surface area (Å²) < 4.78 is 11.3. The van der Waals surface area contributed by atoms with Crippen LogP contribution in [0.1, 0.15) is 34.8 Å². The van der Waals surface area contributed by atoms with Crippen molar-refractivity contribution in [3.8, 4) is 10.9 Å². The Bertz CT molecular complexity index is 996. The zero-order valence-corrected chi connectivity index (χ0v) is 18.8. The van der Waals surface area contributed by atoms with Gasteiger partial charge in [-0.1, -0.05) is 35.5 Å². The molecule has 5 atom stereocenters. The van der Waals surface area contributed by atoms with Crippen molar-refractivity contribution in [1.29, 1.82) is 0 Å². The molecule has 1 unspecified atom stereocenters. The summed E-state index contributed by atoms with van der Waals surface area (Å²) in [6, 6.07) is 13.2. The molecule has 1 fully saturated rings. The van der Waals surface area contributed by atoms with E-state index in [1.54, 1.807) is 18.4 Å². The number of carboxylic acid groups (broad SMARTS) is 1. The molecule has 0 aliphatic carbocycles. The standard InChI is InChI=1S/C24H28O7S/c1-14-3-6-16(24-23(29)22(28)21(27)19(31-24)13-32-2)12-17(14)11-15-4-7-18(8-5-15)30-10-9-20(25)26/h3-8,12,19,21-24,27-29H,9-11H2,1-2H3,(H,25,26)/t19?,21-,22+,23-,24+/m1/s1. The molecule has 32 heavy (non-hydrogen) atoms. The summed E-state index contributed by atoms with van der Waals surface area (Å²) in [5.41, 5.74) is 3.86. The molecule has 4 N–H and O–H groups in total. The van der Waals surface area contributed by atoms with E-state index in [0.29, 0.717) is 17.7 Å². The van der Waals surface area contributed by atoms with Gasteiger partial charge < -0.3 is 29.9 Å². The molecule has 8 heteroatoms. The van der Waals surface area contributed by atoms with Crippen LogP contribution < -0.4 is 4.74 Å². The van der Waals surface area contributed by atoms with Crippen LogP contribution in [0, 0.1) is 12.1 Å². The Morgan fingerprint density at radius 3 is 2.47 bits per heavy atom. The van der Waals surface area contributed by atoms with Crippen LogP contribution in [0.15, 0.2) is 42.5 Å². The molecule has 1 aliphatic rings. The fraction of sp³-hybridized carbons (Fsp3) is 0.417. The van der Waals surface area contributed by atoms with E-state index in [-0.39, 0.29) is 13.0 Å². The van der Waals surface area contributed by atoms with Gasteiger partial charge >= 0.3 is 5.97 Å². The third-order valence-electron chi connectivity index (χ3n) is 5.45. The average Bonchev–Trinajstić information content (AvgIpc) is 2.77. The smallest absolute Gasteiger partial charge is 0.306 e. The van der Waals surface area contributed by atoms with E-state index in [2.05, 4.69) is 5.18 Å². The van der Waals surface area contributed by atoms with E-state index >= 15 is 0 Å². The maximum absolute atomic E-state index is 10.6. The van der Waals surface area contributed by atoms with Crippen molar-refractivity contribution < 1.29 is 34.7 Å². The van der Waals surface area contributed by atoms with Gasteiger partial charge in [0.15, 0.2) is 0 Å². The lowest BCUT2D eigenvalue weighted by Crippen LogP contribution is -2.53. The first kappa shape index (κ1) is 24.2. The van der Waals surface area contributed by atoms with Crippen molar-refractivity contribution in [2.75, 3.05) is 12.9 Å². The van der Waals surface area contributed by atoms with Gasteiger partial charge in [0.05, 0.1) is 13.0 Å². The van der Waals surface area contributed by atoms with Crippen LogP contribution >= 0.6 is 11.2 Å². The summed E-state index contributed by atoms with van der Waals surface area (Å²) >= 11 is 1.26. The lowest BCUT2D eigenvalue weighted by Gasteiger charge is -2.39. The number of aryl methyl sites for hydroxylation is 1. The molecule has 1 aliphatic heterocycles. The minimum atomic E-state index is -1.34. The Kier molecular flexibility index (Phi) is 8.26. The van der Waals surface area contributed by atoms with Gasteiger partial charge in [0.1, 0.15) is 36.3 Å². The third kappa shape index (κ3) is 5.86. The number of hydrogen-bond donors (Lipinski definition) is 4. The fourth-order valence-electron chi connectivity index (χ4n) is 3.61. The van der Waals surface area contributed by atoms with Crippen LogP contribution in [-0.4, -0.2) is 63.7 Å². The molecular weight excluding hydrogens is 432 g/mol. The Balaban J connectivity index is 1.75. The largest absolute Gasteiger partial charge is 0.493 e. The molecule has 0 radical (unpaired) electrons. The van der Waals surface area contributed by atoms with E-state index in [1.165, 1.54) is 11.2 Å². The van der Waals surface area contributed by atoms with E-state index in [4.69, 9.17) is 14.6 Å². The Morgan fingerprint density at radius 2 is 1.81 bits per heavy atom. The molecule has 2 aromatic carbocycles. The minimum Gasteiger partial charge on any atom is -0.493 e. The number of aliphatic hydroxyl groups excluding tert-OH is 3. The summed E-state index contributed by atoms with van der Waals surface area (Å²) in [6.07, 6.45) is -3.07. The summed E-state index contributed by atoms with van der Waals surface area (Å²) in [4.78, 5) is 10.6. The zero-order chi connectivity index (χ0) is 23.3. The molecule has 7 nitrogen and oxygen atoms in total. The number of benzene rings is 2. The van der Waals surface area contributed by atoms with Crippen molar-refractivity contribution in [3.05, 3.63) is 64.7 Å². The monoisotopic (exact) mass is 460 g/mol. The molecule has 3 rings (SSSR count). The number of hydrogen-bond acceptors (Lipinski definition) is 6. The molecule has 0 bridgehead atoms. The first-order valence-electron chi connectivity index (χ1n) is 10.3. The Hall–Kier alpha value is -2.45. The third-order valence-corrected chi connectivity index (χ3v) is 5.92. The molecule has 0 saturated carbocycles. The number of ether oxygens (including phenoxy) is 2. The highest BCUT2D eigenvalue weighted by Crippen LogP contribution is 2.33. The second-order valence-electron chi connectivity index (χ2n) is 7.77. The fourth-order valence-corrected chi connectivity index (χ4v) is 4.03. The highest BCUT2D eigenvalue weighted by atomic mass is 32.1. The van der Waals surface area contributed by atoms with E-state index in [9.17, 15) is 20.1 Å².